The highest BCUT2D eigenvalue weighted by Gasteiger charge is 2.40. The second-order valence-electron chi connectivity index (χ2n) is 5.86. The smallest absolute Gasteiger partial charge is 0.205 e. The van der Waals surface area contributed by atoms with Crippen LogP contribution in [0.4, 0.5) is 0 Å². The highest BCUT2D eigenvalue weighted by atomic mass is 35.5. The van der Waals surface area contributed by atoms with Crippen molar-refractivity contribution in [3.05, 3.63) is 56.6 Å². The van der Waals surface area contributed by atoms with E-state index in [4.69, 9.17) is 33.7 Å². The van der Waals surface area contributed by atoms with Crippen LogP contribution in [0, 0.1) is 17.2 Å². The van der Waals surface area contributed by atoms with Crippen LogP contribution >= 0.6 is 23.2 Å². The molecule has 0 aromatic heterocycles. The SMILES string of the molecule is C[C@H]1CC(=O)C2=C(C1)OC(N)=C(C#N)[C@@H]2c1ccc(Cl)cc1Cl. The number of nitrogens with two attached hydrogens (primary N) is 1. The van der Waals surface area contributed by atoms with Crippen molar-refractivity contribution in [3.63, 3.8) is 0 Å². The van der Waals surface area contributed by atoms with Crippen LogP contribution in [0.1, 0.15) is 31.2 Å². The largest absolute Gasteiger partial charge is 0.444 e. The Hall–Kier alpha value is -1.96. The van der Waals surface area contributed by atoms with Crippen LogP contribution in [-0.2, 0) is 9.53 Å². The molecule has 0 spiro atoms. The zero-order chi connectivity index (χ0) is 16.7. The van der Waals surface area contributed by atoms with E-state index in [0.717, 1.165) is 0 Å². The highest BCUT2D eigenvalue weighted by Crippen LogP contribution is 2.46. The molecule has 1 aliphatic carbocycles. The molecule has 4 nitrogen and oxygen atoms in total. The molecule has 0 saturated heterocycles. The third-order valence-corrected chi connectivity index (χ3v) is 4.70. The van der Waals surface area contributed by atoms with Crippen molar-refractivity contribution in [2.45, 2.75) is 25.7 Å². The summed E-state index contributed by atoms with van der Waals surface area (Å²) < 4.78 is 5.57. The van der Waals surface area contributed by atoms with E-state index in [2.05, 4.69) is 6.07 Å². The number of ketones is 1. The zero-order valence-corrected chi connectivity index (χ0v) is 13.9. The summed E-state index contributed by atoms with van der Waals surface area (Å²) in [5.41, 5.74) is 7.24. The molecule has 2 aliphatic rings. The van der Waals surface area contributed by atoms with Gasteiger partial charge in [0.15, 0.2) is 5.78 Å². The first-order valence-electron chi connectivity index (χ1n) is 7.21. The van der Waals surface area contributed by atoms with Crippen LogP contribution in [0.15, 0.2) is 41.0 Å². The third kappa shape index (κ3) is 2.71. The molecular weight excluding hydrogens is 335 g/mol. The molecule has 118 valence electrons. The first-order chi connectivity index (χ1) is 10.9. The van der Waals surface area contributed by atoms with Crippen molar-refractivity contribution in [3.8, 4) is 6.07 Å². The summed E-state index contributed by atoms with van der Waals surface area (Å²) in [5, 5.41) is 10.4. The first kappa shape index (κ1) is 15.9. The molecule has 2 atom stereocenters. The van der Waals surface area contributed by atoms with Crippen molar-refractivity contribution in [2.75, 3.05) is 0 Å². The quantitative estimate of drug-likeness (QED) is 0.830. The Morgan fingerprint density at radius 3 is 2.74 bits per heavy atom. The molecule has 0 radical (unpaired) electrons. The molecule has 23 heavy (non-hydrogen) atoms. The maximum absolute atomic E-state index is 12.6. The predicted molar refractivity (Wildman–Crippen MR) is 87.5 cm³/mol. The number of halogens is 2. The summed E-state index contributed by atoms with van der Waals surface area (Å²) in [4.78, 5) is 12.6. The third-order valence-electron chi connectivity index (χ3n) is 4.14. The minimum Gasteiger partial charge on any atom is -0.444 e. The van der Waals surface area contributed by atoms with E-state index < -0.39 is 5.92 Å². The van der Waals surface area contributed by atoms with Crippen LogP contribution in [0.25, 0.3) is 0 Å². The normalized spacial score (nSPS) is 24.2. The van der Waals surface area contributed by atoms with Gasteiger partial charge >= 0.3 is 0 Å². The lowest BCUT2D eigenvalue weighted by Crippen LogP contribution is -2.29. The number of hydrogen-bond acceptors (Lipinski definition) is 4. The Labute approximate surface area is 144 Å². The number of carbonyl (C=O) groups excluding carboxylic acids is 1. The molecular formula is C17H14Cl2N2O2. The fourth-order valence-electron chi connectivity index (χ4n) is 3.14. The van der Waals surface area contributed by atoms with Crippen LogP contribution in [0.5, 0.6) is 0 Å². The lowest BCUT2D eigenvalue weighted by Gasteiger charge is -2.33. The van der Waals surface area contributed by atoms with Gasteiger partial charge < -0.3 is 10.5 Å². The summed E-state index contributed by atoms with van der Waals surface area (Å²) >= 11 is 12.3. The fourth-order valence-corrected chi connectivity index (χ4v) is 3.66. The number of nitriles is 1. The molecule has 0 bridgehead atoms. The van der Waals surface area contributed by atoms with E-state index in [0.29, 0.717) is 39.8 Å². The van der Waals surface area contributed by atoms with E-state index in [1.165, 1.54) is 0 Å². The lowest BCUT2D eigenvalue weighted by atomic mass is 9.75. The molecule has 3 rings (SSSR count). The van der Waals surface area contributed by atoms with Gasteiger partial charge in [-0.15, -0.1) is 0 Å². The average Bonchev–Trinajstić information content (AvgIpc) is 2.45. The predicted octanol–water partition coefficient (Wildman–Crippen LogP) is 4.05. The van der Waals surface area contributed by atoms with Crippen LogP contribution < -0.4 is 5.73 Å². The fraction of sp³-hybridized carbons (Fsp3) is 0.294. The summed E-state index contributed by atoms with van der Waals surface area (Å²) in [7, 11) is 0. The molecule has 6 heteroatoms. The summed E-state index contributed by atoms with van der Waals surface area (Å²) in [6, 6.07) is 7.06. The Bertz CT molecular complexity index is 805. The van der Waals surface area contributed by atoms with E-state index in [9.17, 15) is 10.1 Å². The van der Waals surface area contributed by atoms with Crippen molar-refractivity contribution in [2.24, 2.45) is 11.7 Å². The number of hydrogen-bond donors (Lipinski definition) is 1. The Kier molecular flexibility index (Phi) is 4.09. The number of Topliss-reactive ketones (excluding diaryl/α,β-unsaturated/α-hetero) is 1. The number of allylic oxidation sites excluding steroid dienone is 3. The maximum Gasteiger partial charge on any atom is 0.205 e. The van der Waals surface area contributed by atoms with Crippen molar-refractivity contribution < 1.29 is 9.53 Å². The van der Waals surface area contributed by atoms with Gasteiger partial charge in [-0.05, 0) is 23.6 Å². The molecule has 1 aromatic carbocycles. The molecule has 1 aliphatic heterocycles. The second-order valence-corrected chi connectivity index (χ2v) is 6.71. The maximum atomic E-state index is 12.6. The first-order valence-corrected chi connectivity index (χ1v) is 7.96. The van der Waals surface area contributed by atoms with E-state index in [1.54, 1.807) is 18.2 Å². The molecule has 0 saturated carbocycles. The Balaban J connectivity index is 2.22. The molecule has 1 aromatic rings. The summed E-state index contributed by atoms with van der Waals surface area (Å²) in [6.45, 7) is 1.98. The summed E-state index contributed by atoms with van der Waals surface area (Å²) in [5.74, 6) is 0.119. The zero-order valence-electron chi connectivity index (χ0n) is 12.4. The number of ether oxygens (including phenoxy) is 1. The van der Waals surface area contributed by atoms with Gasteiger partial charge in [-0.25, -0.2) is 0 Å². The molecule has 1 heterocycles. The van der Waals surface area contributed by atoms with Gasteiger partial charge in [0.1, 0.15) is 17.4 Å². The van der Waals surface area contributed by atoms with Crippen LogP contribution in [-0.4, -0.2) is 5.78 Å². The Morgan fingerprint density at radius 2 is 2.09 bits per heavy atom. The minimum absolute atomic E-state index is 0.0316. The van der Waals surface area contributed by atoms with Gasteiger partial charge in [0.2, 0.25) is 5.88 Å². The monoisotopic (exact) mass is 348 g/mol. The molecule has 0 unspecified atom stereocenters. The van der Waals surface area contributed by atoms with E-state index in [1.807, 2.05) is 6.92 Å². The van der Waals surface area contributed by atoms with Gasteiger partial charge in [-0.1, -0.05) is 36.2 Å². The van der Waals surface area contributed by atoms with Gasteiger partial charge in [-0.2, -0.15) is 5.26 Å². The average molecular weight is 349 g/mol. The van der Waals surface area contributed by atoms with Crippen LogP contribution in [0.2, 0.25) is 10.0 Å². The standard InChI is InChI=1S/C17H14Cl2N2O2/c1-8-4-13(22)16-14(5-8)23-17(21)11(7-20)15(16)10-3-2-9(18)6-12(10)19/h2-3,6,8,15H,4-5,21H2,1H3/t8-,15-/m0/s1. The lowest BCUT2D eigenvalue weighted by molar-refractivity contribution is -0.117. The number of benzene rings is 1. The van der Waals surface area contributed by atoms with E-state index in [-0.39, 0.29) is 23.2 Å². The Morgan fingerprint density at radius 1 is 1.35 bits per heavy atom. The van der Waals surface area contributed by atoms with Crippen molar-refractivity contribution >= 4 is 29.0 Å². The molecule has 2 N–H and O–H groups in total. The number of nitrogens with zero attached hydrogens (tertiary/aromatic N) is 1. The van der Waals surface area contributed by atoms with Gasteiger partial charge in [0.05, 0.1) is 5.92 Å². The summed E-state index contributed by atoms with van der Waals surface area (Å²) in [6.07, 6.45) is 1.03. The molecule has 0 fully saturated rings. The van der Waals surface area contributed by atoms with Gasteiger partial charge in [0, 0.05) is 28.5 Å². The van der Waals surface area contributed by atoms with Crippen LogP contribution in [0.3, 0.4) is 0 Å². The van der Waals surface area contributed by atoms with Gasteiger partial charge in [0.25, 0.3) is 0 Å². The topological polar surface area (TPSA) is 76.1 Å². The van der Waals surface area contributed by atoms with Crippen molar-refractivity contribution in [1.29, 1.82) is 5.26 Å². The second kappa shape index (κ2) is 5.92. The van der Waals surface area contributed by atoms with E-state index >= 15 is 0 Å². The van der Waals surface area contributed by atoms with Crippen molar-refractivity contribution in [1.82, 2.24) is 0 Å². The number of carbonyl (C=O) groups is 1. The van der Waals surface area contributed by atoms with Gasteiger partial charge in [-0.3, -0.25) is 4.79 Å². The minimum atomic E-state index is -0.603. The number of rotatable bonds is 1. The highest BCUT2D eigenvalue weighted by molar-refractivity contribution is 6.35. The molecule has 0 amide bonds.